The van der Waals surface area contributed by atoms with Crippen LogP contribution >= 0.6 is 11.6 Å². The molecule has 1 aliphatic heterocycles. The largest absolute Gasteiger partial charge is 0.490 e. The third-order valence-electron chi connectivity index (χ3n) is 4.19. The summed E-state index contributed by atoms with van der Waals surface area (Å²) in [5.74, 6) is 1.23. The zero-order valence-corrected chi connectivity index (χ0v) is 15.2. The lowest BCUT2D eigenvalue weighted by Gasteiger charge is -2.21. The van der Waals surface area contributed by atoms with Gasteiger partial charge in [0.15, 0.2) is 11.5 Å². The van der Waals surface area contributed by atoms with Crippen LogP contribution < -0.4 is 14.8 Å². The first-order valence-corrected chi connectivity index (χ1v) is 8.88. The summed E-state index contributed by atoms with van der Waals surface area (Å²) in [5, 5.41) is 3.66. The lowest BCUT2D eigenvalue weighted by atomic mass is 9.87. The molecule has 0 aliphatic carbocycles. The van der Waals surface area contributed by atoms with Crippen LogP contribution in [0.2, 0.25) is 5.02 Å². The molecule has 5 heteroatoms. The molecule has 2 aromatic rings. The van der Waals surface area contributed by atoms with Crippen LogP contribution in [0.4, 0.5) is 5.69 Å². The van der Waals surface area contributed by atoms with E-state index in [1.54, 1.807) is 0 Å². The molecular formula is C20H22ClNO3. The molecule has 1 amide bonds. The van der Waals surface area contributed by atoms with Gasteiger partial charge in [0.25, 0.3) is 0 Å². The summed E-state index contributed by atoms with van der Waals surface area (Å²) in [7, 11) is 0. The zero-order chi connectivity index (χ0) is 17.8. The summed E-state index contributed by atoms with van der Waals surface area (Å²) in [6.07, 6.45) is 0.850. The van der Waals surface area contributed by atoms with E-state index in [4.69, 9.17) is 21.1 Å². The van der Waals surface area contributed by atoms with Crippen LogP contribution in [0.15, 0.2) is 42.5 Å². The molecule has 1 atom stereocenters. The molecule has 0 radical (unpaired) electrons. The van der Waals surface area contributed by atoms with E-state index in [2.05, 4.69) is 5.32 Å². The number of carbonyl (C=O) groups is 1. The van der Waals surface area contributed by atoms with Gasteiger partial charge < -0.3 is 14.8 Å². The number of ether oxygens (including phenoxy) is 2. The van der Waals surface area contributed by atoms with Gasteiger partial charge in [-0.05, 0) is 35.7 Å². The second-order valence-electron chi connectivity index (χ2n) is 6.47. The second-order valence-corrected chi connectivity index (χ2v) is 6.91. The molecule has 1 aliphatic rings. The molecule has 2 aromatic carbocycles. The molecule has 25 heavy (non-hydrogen) atoms. The van der Waals surface area contributed by atoms with Crippen molar-refractivity contribution < 1.29 is 14.3 Å². The maximum Gasteiger partial charge on any atom is 0.232 e. The predicted octanol–water partition coefficient (Wildman–Crippen LogP) is 4.88. The zero-order valence-electron chi connectivity index (χ0n) is 14.4. The fourth-order valence-electron chi connectivity index (χ4n) is 2.97. The average molecular weight is 360 g/mol. The van der Waals surface area contributed by atoms with Gasteiger partial charge in [0.1, 0.15) is 0 Å². The van der Waals surface area contributed by atoms with Gasteiger partial charge in [-0.25, -0.2) is 0 Å². The fourth-order valence-corrected chi connectivity index (χ4v) is 3.10. The van der Waals surface area contributed by atoms with Gasteiger partial charge in [0.2, 0.25) is 5.91 Å². The van der Waals surface area contributed by atoms with Crippen molar-refractivity contribution in [3.8, 4) is 11.5 Å². The summed E-state index contributed by atoms with van der Waals surface area (Å²) >= 11 is 5.96. The van der Waals surface area contributed by atoms with Crippen molar-refractivity contribution in [2.75, 3.05) is 18.5 Å². The van der Waals surface area contributed by atoms with Gasteiger partial charge in [0.05, 0.1) is 19.1 Å². The Kier molecular flexibility index (Phi) is 5.49. The van der Waals surface area contributed by atoms with Gasteiger partial charge in [-0.15, -0.1) is 0 Å². The minimum absolute atomic E-state index is 0.0492. The number of carbonyl (C=O) groups excluding carboxylic acids is 1. The topological polar surface area (TPSA) is 47.6 Å². The maximum absolute atomic E-state index is 12.9. The molecule has 0 spiro atoms. The number of hydrogen-bond acceptors (Lipinski definition) is 3. The van der Waals surface area contributed by atoms with E-state index in [1.165, 1.54) is 0 Å². The van der Waals surface area contributed by atoms with Crippen molar-refractivity contribution in [3.63, 3.8) is 0 Å². The molecule has 0 aromatic heterocycles. The van der Waals surface area contributed by atoms with Gasteiger partial charge >= 0.3 is 0 Å². The second kappa shape index (κ2) is 7.79. The van der Waals surface area contributed by atoms with Crippen molar-refractivity contribution in [1.29, 1.82) is 0 Å². The lowest BCUT2D eigenvalue weighted by Crippen LogP contribution is -2.25. The number of fused-ring (bicyclic) bond motifs is 1. The molecule has 0 unspecified atom stereocenters. The maximum atomic E-state index is 12.9. The normalized spacial score (nSPS) is 14.7. The number of hydrogen-bond donors (Lipinski definition) is 1. The van der Waals surface area contributed by atoms with Gasteiger partial charge in [-0.3, -0.25) is 4.79 Å². The highest BCUT2D eigenvalue weighted by Crippen LogP contribution is 2.33. The van der Waals surface area contributed by atoms with E-state index in [-0.39, 0.29) is 17.7 Å². The number of anilines is 1. The summed E-state index contributed by atoms with van der Waals surface area (Å²) in [6, 6.07) is 12.9. The Hall–Kier alpha value is -2.20. The van der Waals surface area contributed by atoms with E-state index in [1.807, 2.05) is 56.3 Å². The highest BCUT2D eigenvalue weighted by atomic mass is 35.5. The van der Waals surface area contributed by atoms with Gasteiger partial charge in [-0.1, -0.05) is 37.6 Å². The van der Waals surface area contributed by atoms with Crippen molar-refractivity contribution in [2.24, 2.45) is 5.92 Å². The van der Waals surface area contributed by atoms with Crippen LogP contribution in [0.25, 0.3) is 0 Å². The van der Waals surface area contributed by atoms with Crippen molar-refractivity contribution in [3.05, 3.63) is 53.1 Å². The average Bonchev–Trinajstić information content (AvgIpc) is 2.81. The number of rotatable bonds is 4. The number of halogens is 1. The smallest absolute Gasteiger partial charge is 0.232 e. The highest BCUT2D eigenvalue weighted by molar-refractivity contribution is 6.30. The molecule has 1 N–H and O–H groups in total. The molecule has 1 heterocycles. The minimum Gasteiger partial charge on any atom is -0.490 e. The van der Waals surface area contributed by atoms with E-state index >= 15 is 0 Å². The Morgan fingerprint density at radius 2 is 1.72 bits per heavy atom. The number of benzene rings is 2. The highest BCUT2D eigenvalue weighted by Gasteiger charge is 2.24. The van der Waals surface area contributed by atoms with E-state index in [0.29, 0.717) is 35.4 Å². The first-order valence-electron chi connectivity index (χ1n) is 8.50. The van der Waals surface area contributed by atoms with Crippen molar-refractivity contribution in [1.82, 2.24) is 0 Å². The van der Waals surface area contributed by atoms with Gasteiger partial charge in [-0.2, -0.15) is 0 Å². The Bertz CT molecular complexity index is 743. The Morgan fingerprint density at radius 1 is 1.04 bits per heavy atom. The molecule has 3 rings (SSSR count). The van der Waals surface area contributed by atoms with Crippen LogP contribution in [-0.2, 0) is 4.79 Å². The molecule has 0 saturated heterocycles. The van der Waals surface area contributed by atoms with Crippen LogP contribution in [0.3, 0.4) is 0 Å². The Labute approximate surface area is 153 Å². The van der Waals surface area contributed by atoms with Crippen LogP contribution in [-0.4, -0.2) is 19.1 Å². The van der Waals surface area contributed by atoms with Gasteiger partial charge in [0, 0.05) is 23.2 Å². The SMILES string of the molecule is CC(C)[C@@H](C(=O)Nc1ccc2c(c1)OCCCO2)c1ccc(Cl)cc1. The van der Waals surface area contributed by atoms with E-state index in [9.17, 15) is 4.79 Å². The molecule has 132 valence electrons. The van der Waals surface area contributed by atoms with E-state index < -0.39 is 0 Å². The Balaban J connectivity index is 1.79. The lowest BCUT2D eigenvalue weighted by molar-refractivity contribution is -0.118. The fraction of sp³-hybridized carbons (Fsp3) is 0.350. The van der Waals surface area contributed by atoms with Crippen LogP contribution in [0.5, 0.6) is 11.5 Å². The number of amides is 1. The van der Waals surface area contributed by atoms with Crippen LogP contribution in [0.1, 0.15) is 31.7 Å². The van der Waals surface area contributed by atoms with Crippen molar-refractivity contribution >= 4 is 23.2 Å². The first-order chi connectivity index (χ1) is 12.0. The quantitative estimate of drug-likeness (QED) is 0.846. The summed E-state index contributed by atoms with van der Waals surface area (Å²) in [6.45, 7) is 5.33. The third kappa shape index (κ3) is 4.26. The molecule has 0 saturated carbocycles. The third-order valence-corrected chi connectivity index (χ3v) is 4.45. The molecule has 4 nitrogen and oxygen atoms in total. The summed E-state index contributed by atoms with van der Waals surface area (Å²) in [5.41, 5.74) is 1.65. The first kappa shape index (κ1) is 17.6. The van der Waals surface area contributed by atoms with E-state index in [0.717, 1.165) is 12.0 Å². The monoisotopic (exact) mass is 359 g/mol. The molecular weight excluding hydrogens is 338 g/mol. The number of nitrogens with one attached hydrogen (secondary N) is 1. The standard InChI is InChI=1S/C20H22ClNO3/c1-13(2)19(14-4-6-15(21)7-5-14)20(23)22-16-8-9-17-18(12-16)25-11-3-10-24-17/h4-9,12-13,19H,3,10-11H2,1-2H3,(H,22,23)/t19-/m1/s1. The summed E-state index contributed by atoms with van der Waals surface area (Å²) < 4.78 is 11.3. The minimum atomic E-state index is -0.256. The van der Waals surface area contributed by atoms with Crippen LogP contribution in [0, 0.1) is 5.92 Å². The predicted molar refractivity (Wildman–Crippen MR) is 99.7 cm³/mol. The Morgan fingerprint density at radius 3 is 2.40 bits per heavy atom. The summed E-state index contributed by atoms with van der Waals surface area (Å²) in [4.78, 5) is 12.9. The van der Waals surface area contributed by atoms with Crippen molar-refractivity contribution in [2.45, 2.75) is 26.2 Å². The molecule has 0 bridgehead atoms. The molecule has 0 fully saturated rings.